The van der Waals surface area contributed by atoms with Gasteiger partial charge in [-0.25, -0.2) is 0 Å². The van der Waals surface area contributed by atoms with Crippen LogP contribution >= 0.6 is 11.3 Å². The fourth-order valence-corrected chi connectivity index (χ4v) is 3.93. The van der Waals surface area contributed by atoms with Crippen molar-refractivity contribution in [2.75, 3.05) is 27.2 Å². The first-order valence-electron chi connectivity index (χ1n) is 9.11. The van der Waals surface area contributed by atoms with Gasteiger partial charge in [-0.1, -0.05) is 12.1 Å². The molecule has 6 nitrogen and oxygen atoms in total. The van der Waals surface area contributed by atoms with Gasteiger partial charge in [-0.15, -0.1) is 11.3 Å². The molecular weight excluding hydrogens is 386 g/mol. The van der Waals surface area contributed by atoms with E-state index in [1.54, 1.807) is 30.3 Å². The van der Waals surface area contributed by atoms with Crippen LogP contribution in [0.3, 0.4) is 0 Å². The molecule has 3 rings (SSSR count). The summed E-state index contributed by atoms with van der Waals surface area (Å²) < 4.78 is 5.23. The summed E-state index contributed by atoms with van der Waals surface area (Å²) in [6, 6.07) is 14.3. The van der Waals surface area contributed by atoms with Crippen LogP contribution in [0.15, 0.2) is 53.1 Å². The zero-order chi connectivity index (χ0) is 20.8. The van der Waals surface area contributed by atoms with E-state index < -0.39 is 0 Å². The summed E-state index contributed by atoms with van der Waals surface area (Å²) in [4.78, 5) is 28.5. The maximum Gasteiger partial charge on any atom is 0.238 e. The molecule has 0 aliphatic carbocycles. The van der Waals surface area contributed by atoms with Gasteiger partial charge in [0.2, 0.25) is 11.7 Å². The molecule has 0 unspecified atom stereocenters. The van der Waals surface area contributed by atoms with E-state index in [1.807, 2.05) is 31.1 Å². The van der Waals surface area contributed by atoms with E-state index in [-0.39, 0.29) is 23.9 Å². The highest BCUT2D eigenvalue weighted by molar-refractivity contribution is 7.17. The third-order valence-electron chi connectivity index (χ3n) is 4.29. The first-order chi connectivity index (χ1) is 14.0. The second-order valence-corrected chi connectivity index (χ2v) is 7.84. The number of nitrogens with zero attached hydrogens (tertiary/aromatic N) is 2. The maximum atomic E-state index is 12.7. The second kappa shape index (κ2) is 9.32. The number of furan rings is 1. The van der Waals surface area contributed by atoms with Gasteiger partial charge in [-0.05, 0) is 55.6 Å². The van der Waals surface area contributed by atoms with Crippen LogP contribution in [0.2, 0.25) is 0 Å². The standard InChI is InChI=1S/C22H21N3O3S/c1-25(2)10-9-24-20(26)13-17-12-19(21(27)18-4-3-11-28-18)29-22(17)16-7-5-15(14-23)6-8-16/h3-8,11-12H,9-10,13H2,1-2H3,(H,24,26). The van der Waals surface area contributed by atoms with Gasteiger partial charge in [0.1, 0.15) is 0 Å². The lowest BCUT2D eigenvalue weighted by Gasteiger charge is -2.10. The number of likely N-dealkylation sites (N-methyl/N-ethyl adjacent to an activating group) is 1. The largest absolute Gasteiger partial charge is 0.461 e. The first kappa shape index (κ1) is 20.5. The second-order valence-electron chi connectivity index (χ2n) is 6.79. The van der Waals surface area contributed by atoms with E-state index in [0.717, 1.165) is 22.5 Å². The molecule has 0 aliphatic rings. The normalized spacial score (nSPS) is 10.7. The fraction of sp³-hybridized carbons (Fsp3) is 0.227. The number of carbonyl (C=O) groups is 2. The number of amides is 1. The summed E-state index contributed by atoms with van der Waals surface area (Å²) in [7, 11) is 3.89. The summed E-state index contributed by atoms with van der Waals surface area (Å²) in [5.74, 6) is -0.0506. The summed E-state index contributed by atoms with van der Waals surface area (Å²) in [5, 5.41) is 11.9. The molecule has 7 heteroatoms. The molecule has 0 saturated heterocycles. The van der Waals surface area contributed by atoms with Gasteiger partial charge in [0.05, 0.1) is 29.2 Å². The Morgan fingerprint density at radius 3 is 2.59 bits per heavy atom. The number of nitriles is 1. The number of carbonyl (C=O) groups excluding carboxylic acids is 2. The highest BCUT2D eigenvalue weighted by Gasteiger charge is 2.20. The molecule has 0 atom stereocenters. The van der Waals surface area contributed by atoms with Gasteiger partial charge < -0.3 is 14.6 Å². The highest BCUT2D eigenvalue weighted by Crippen LogP contribution is 2.34. The smallest absolute Gasteiger partial charge is 0.238 e. The third kappa shape index (κ3) is 5.19. The van der Waals surface area contributed by atoms with Crippen molar-refractivity contribution in [1.82, 2.24) is 10.2 Å². The Labute approximate surface area is 173 Å². The molecule has 0 fully saturated rings. The van der Waals surface area contributed by atoms with Gasteiger partial charge >= 0.3 is 0 Å². The van der Waals surface area contributed by atoms with Gasteiger partial charge in [0, 0.05) is 18.0 Å². The molecule has 0 bridgehead atoms. The summed E-state index contributed by atoms with van der Waals surface area (Å²) in [5.41, 5.74) is 2.20. The summed E-state index contributed by atoms with van der Waals surface area (Å²) in [6.45, 7) is 1.31. The lowest BCUT2D eigenvalue weighted by Crippen LogP contribution is -2.32. The quantitative estimate of drug-likeness (QED) is 0.579. The Kier molecular flexibility index (Phi) is 6.60. The number of hydrogen-bond acceptors (Lipinski definition) is 6. The van der Waals surface area contributed by atoms with Crippen molar-refractivity contribution in [2.24, 2.45) is 0 Å². The monoisotopic (exact) mass is 407 g/mol. The number of ketones is 1. The zero-order valence-corrected chi connectivity index (χ0v) is 17.1. The maximum absolute atomic E-state index is 12.7. The topological polar surface area (TPSA) is 86.3 Å². The molecule has 148 valence electrons. The molecule has 0 radical (unpaired) electrons. The van der Waals surface area contributed by atoms with Crippen molar-refractivity contribution >= 4 is 23.0 Å². The number of hydrogen-bond donors (Lipinski definition) is 1. The minimum atomic E-state index is -0.214. The van der Waals surface area contributed by atoms with E-state index >= 15 is 0 Å². The van der Waals surface area contributed by atoms with Crippen LogP contribution in [0.5, 0.6) is 0 Å². The lowest BCUT2D eigenvalue weighted by atomic mass is 10.0. The molecule has 3 aromatic rings. The third-order valence-corrected chi connectivity index (χ3v) is 5.51. The molecule has 2 aromatic heterocycles. The van der Waals surface area contributed by atoms with Crippen LogP contribution in [0.1, 0.15) is 26.6 Å². The summed E-state index contributed by atoms with van der Waals surface area (Å²) >= 11 is 1.32. The zero-order valence-electron chi connectivity index (χ0n) is 16.3. The fourth-order valence-electron chi connectivity index (χ4n) is 2.80. The number of thiophene rings is 1. The molecule has 1 amide bonds. The first-order valence-corrected chi connectivity index (χ1v) is 9.92. The van der Waals surface area contributed by atoms with E-state index in [4.69, 9.17) is 9.68 Å². The van der Waals surface area contributed by atoms with Gasteiger partial charge in [0.15, 0.2) is 5.76 Å². The average molecular weight is 407 g/mol. The van der Waals surface area contributed by atoms with E-state index in [9.17, 15) is 9.59 Å². The number of nitrogens with one attached hydrogen (secondary N) is 1. The van der Waals surface area contributed by atoms with E-state index in [2.05, 4.69) is 11.4 Å². The van der Waals surface area contributed by atoms with Crippen molar-refractivity contribution in [3.05, 3.63) is 70.5 Å². The molecule has 29 heavy (non-hydrogen) atoms. The lowest BCUT2D eigenvalue weighted by molar-refractivity contribution is -0.120. The minimum Gasteiger partial charge on any atom is -0.461 e. The molecule has 0 aliphatic heterocycles. The van der Waals surface area contributed by atoms with Crippen LogP contribution in [0, 0.1) is 11.3 Å². The van der Waals surface area contributed by atoms with E-state index in [1.165, 1.54) is 17.6 Å². The van der Waals surface area contributed by atoms with Crippen LogP contribution < -0.4 is 5.32 Å². The highest BCUT2D eigenvalue weighted by atomic mass is 32.1. The average Bonchev–Trinajstić information content (AvgIpc) is 3.37. The Morgan fingerprint density at radius 1 is 1.21 bits per heavy atom. The van der Waals surface area contributed by atoms with Crippen LogP contribution in [-0.4, -0.2) is 43.8 Å². The molecule has 0 saturated carbocycles. The van der Waals surface area contributed by atoms with E-state index in [0.29, 0.717) is 17.0 Å². The van der Waals surface area contributed by atoms with Gasteiger partial charge in [-0.2, -0.15) is 5.26 Å². The van der Waals surface area contributed by atoms with Crippen molar-refractivity contribution in [1.29, 1.82) is 5.26 Å². The summed E-state index contributed by atoms with van der Waals surface area (Å²) in [6.07, 6.45) is 1.63. The van der Waals surface area contributed by atoms with Crippen LogP contribution in [-0.2, 0) is 11.2 Å². The Morgan fingerprint density at radius 2 is 1.97 bits per heavy atom. The molecule has 2 heterocycles. The Bertz CT molecular complexity index is 1030. The Hall–Kier alpha value is -3.21. The molecule has 1 aromatic carbocycles. The predicted molar refractivity (Wildman–Crippen MR) is 112 cm³/mol. The van der Waals surface area contributed by atoms with Crippen LogP contribution in [0.4, 0.5) is 0 Å². The van der Waals surface area contributed by atoms with Gasteiger partial charge in [-0.3, -0.25) is 9.59 Å². The van der Waals surface area contributed by atoms with Crippen molar-refractivity contribution < 1.29 is 14.0 Å². The molecule has 0 spiro atoms. The SMILES string of the molecule is CN(C)CCNC(=O)Cc1cc(C(=O)c2ccco2)sc1-c1ccc(C#N)cc1. The minimum absolute atomic E-state index is 0.100. The van der Waals surface area contributed by atoms with Crippen molar-refractivity contribution in [3.8, 4) is 16.5 Å². The molecular formula is C22H21N3O3S. The Balaban J connectivity index is 1.88. The van der Waals surface area contributed by atoms with Crippen LogP contribution in [0.25, 0.3) is 10.4 Å². The van der Waals surface area contributed by atoms with Crippen molar-refractivity contribution in [3.63, 3.8) is 0 Å². The van der Waals surface area contributed by atoms with Crippen molar-refractivity contribution in [2.45, 2.75) is 6.42 Å². The predicted octanol–water partition coefficient (Wildman–Crippen LogP) is 3.33. The molecule has 1 N–H and O–H groups in total. The van der Waals surface area contributed by atoms with Gasteiger partial charge in [0.25, 0.3) is 0 Å². The number of rotatable bonds is 8. The number of benzene rings is 1.